The summed E-state index contributed by atoms with van der Waals surface area (Å²) in [6, 6.07) is 8.06. The molecule has 0 aliphatic heterocycles. The summed E-state index contributed by atoms with van der Waals surface area (Å²) in [5, 5.41) is 10.9. The zero-order chi connectivity index (χ0) is 14.8. The van der Waals surface area contributed by atoms with Crippen molar-refractivity contribution in [2.45, 2.75) is 23.5 Å². The molecule has 0 atom stereocenters. The van der Waals surface area contributed by atoms with Gasteiger partial charge in [-0.3, -0.25) is 4.68 Å². The molecule has 21 heavy (non-hydrogen) atoms. The molecular formula is C15H17N5S. The maximum Gasteiger partial charge on any atom is 0.117 e. The fraction of sp³-hybridized carbons (Fsp3) is 0.267. The molecular weight excluding hydrogens is 282 g/mol. The van der Waals surface area contributed by atoms with Crippen LogP contribution < -0.4 is 5.32 Å². The van der Waals surface area contributed by atoms with Crippen LogP contribution in [0.4, 0.5) is 0 Å². The average Bonchev–Trinajstić information content (AvgIpc) is 2.75. The maximum atomic E-state index is 4.52. The third-order valence-electron chi connectivity index (χ3n) is 3.34. The number of aromatic nitrogens is 4. The Morgan fingerprint density at radius 2 is 2.05 bits per heavy atom. The van der Waals surface area contributed by atoms with Gasteiger partial charge in [-0.25, -0.2) is 9.97 Å². The van der Waals surface area contributed by atoms with Crippen LogP contribution in [0.25, 0.3) is 10.9 Å². The first-order valence-corrected chi connectivity index (χ1v) is 7.57. The summed E-state index contributed by atoms with van der Waals surface area (Å²) in [5.74, 6) is 0. The Morgan fingerprint density at radius 1 is 1.24 bits per heavy atom. The first-order valence-electron chi connectivity index (χ1n) is 6.75. The van der Waals surface area contributed by atoms with Gasteiger partial charge in [-0.2, -0.15) is 5.10 Å². The summed E-state index contributed by atoms with van der Waals surface area (Å²) in [5.41, 5.74) is 3.23. The highest BCUT2D eigenvalue weighted by molar-refractivity contribution is 7.99. The average molecular weight is 299 g/mol. The summed E-state index contributed by atoms with van der Waals surface area (Å²) >= 11 is 1.64. The lowest BCUT2D eigenvalue weighted by Crippen LogP contribution is -2.07. The maximum absolute atomic E-state index is 4.52. The third-order valence-corrected chi connectivity index (χ3v) is 4.56. The SMILES string of the molecule is CNCc1c(C)nn(C)c1Sc1ncnc2ccccc12. The molecule has 6 heteroatoms. The number of nitrogens with zero attached hydrogens (tertiary/aromatic N) is 4. The molecule has 1 N–H and O–H groups in total. The van der Waals surface area contributed by atoms with Crippen LogP contribution in [-0.4, -0.2) is 26.8 Å². The summed E-state index contributed by atoms with van der Waals surface area (Å²) in [7, 11) is 3.92. The van der Waals surface area contributed by atoms with Crippen LogP contribution in [0.1, 0.15) is 11.3 Å². The Bertz CT molecular complexity index is 776. The van der Waals surface area contributed by atoms with E-state index in [1.807, 2.05) is 43.9 Å². The second-order valence-corrected chi connectivity index (χ2v) is 5.80. The second-order valence-electron chi connectivity index (χ2n) is 4.82. The number of benzene rings is 1. The molecule has 0 aliphatic carbocycles. The standard InChI is InChI=1S/C15H17N5S/c1-10-12(8-16-2)15(20(3)19-10)21-14-11-6-4-5-7-13(11)17-9-18-14/h4-7,9,16H,8H2,1-3H3. The summed E-state index contributed by atoms with van der Waals surface area (Å²) in [4.78, 5) is 8.75. The first-order chi connectivity index (χ1) is 10.2. The van der Waals surface area contributed by atoms with E-state index in [2.05, 4.69) is 26.4 Å². The first kappa shape index (κ1) is 14.0. The van der Waals surface area contributed by atoms with Crippen LogP contribution in [0, 0.1) is 6.92 Å². The molecule has 0 saturated carbocycles. The number of para-hydroxylation sites is 1. The van der Waals surface area contributed by atoms with Crippen LogP contribution in [0.15, 0.2) is 40.6 Å². The van der Waals surface area contributed by atoms with E-state index in [0.29, 0.717) is 0 Å². The molecule has 0 saturated heterocycles. The lowest BCUT2D eigenvalue weighted by atomic mass is 10.2. The Balaban J connectivity index is 2.07. The lowest BCUT2D eigenvalue weighted by Gasteiger charge is -2.07. The lowest BCUT2D eigenvalue weighted by molar-refractivity contribution is 0.683. The van der Waals surface area contributed by atoms with Gasteiger partial charge < -0.3 is 5.32 Å². The van der Waals surface area contributed by atoms with E-state index in [-0.39, 0.29) is 0 Å². The summed E-state index contributed by atoms with van der Waals surface area (Å²) < 4.78 is 1.92. The minimum Gasteiger partial charge on any atom is -0.316 e. The number of rotatable bonds is 4. The fourth-order valence-corrected chi connectivity index (χ4v) is 3.42. The Morgan fingerprint density at radius 3 is 2.86 bits per heavy atom. The van der Waals surface area contributed by atoms with E-state index < -0.39 is 0 Å². The van der Waals surface area contributed by atoms with Crippen LogP contribution in [0.2, 0.25) is 0 Å². The van der Waals surface area contributed by atoms with Gasteiger partial charge in [0.15, 0.2) is 0 Å². The third kappa shape index (κ3) is 2.64. The van der Waals surface area contributed by atoms with E-state index >= 15 is 0 Å². The highest BCUT2D eigenvalue weighted by Crippen LogP contribution is 2.33. The van der Waals surface area contributed by atoms with Crippen LogP contribution in [0.5, 0.6) is 0 Å². The molecule has 0 unspecified atom stereocenters. The van der Waals surface area contributed by atoms with Crippen molar-refractivity contribution in [3.8, 4) is 0 Å². The molecule has 0 fully saturated rings. The fourth-order valence-electron chi connectivity index (χ4n) is 2.34. The molecule has 0 aliphatic rings. The predicted molar refractivity (Wildman–Crippen MR) is 84.4 cm³/mol. The highest BCUT2D eigenvalue weighted by Gasteiger charge is 2.15. The summed E-state index contributed by atoms with van der Waals surface area (Å²) in [6.07, 6.45) is 1.62. The van der Waals surface area contributed by atoms with E-state index in [1.165, 1.54) is 5.56 Å². The molecule has 2 aromatic heterocycles. The number of hydrogen-bond donors (Lipinski definition) is 1. The minimum absolute atomic E-state index is 0.797. The molecule has 2 heterocycles. The van der Waals surface area contributed by atoms with Crippen LogP contribution in [0.3, 0.4) is 0 Å². The Hall–Kier alpha value is -1.92. The molecule has 3 aromatic rings. The van der Waals surface area contributed by atoms with Crippen molar-refractivity contribution in [1.29, 1.82) is 0 Å². The zero-order valence-corrected chi connectivity index (χ0v) is 13.1. The normalized spacial score (nSPS) is 11.2. The molecule has 1 aromatic carbocycles. The van der Waals surface area contributed by atoms with E-state index in [0.717, 1.165) is 33.2 Å². The molecule has 108 valence electrons. The smallest absolute Gasteiger partial charge is 0.117 e. The summed E-state index contributed by atoms with van der Waals surface area (Å²) in [6.45, 7) is 2.83. The number of hydrogen-bond acceptors (Lipinski definition) is 5. The molecule has 0 amide bonds. The van der Waals surface area contributed by atoms with Crippen molar-refractivity contribution in [1.82, 2.24) is 25.1 Å². The second kappa shape index (κ2) is 5.83. The molecule has 3 rings (SSSR count). The van der Waals surface area contributed by atoms with Gasteiger partial charge in [0.1, 0.15) is 16.4 Å². The molecule has 0 radical (unpaired) electrons. The van der Waals surface area contributed by atoms with Gasteiger partial charge in [-0.05, 0) is 31.8 Å². The van der Waals surface area contributed by atoms with Crippen molar-refractivity contribution in [3.05, 3.63) is 41.9 Å². The highest BCUT2D eigenvalue weighted by atomic mass is 32.2. The number of nitrogens with one attached hydrogen (secondary N) is 1. The van der Waals surface area contributed by atoms with Crippen molar-refractivity contribution in [2.75, 3.05) is 7.05 Å². The monoisotopic (exact) mass is 299 g/mol. The van der Waals surface area contributed by atoms with Gasteiger partial charge >= 0.3 is 0 Å². The van der Waals surface area contributed by atoms with E-state index in [1.54, 1.807) is 18.1 Å². The Labute approximate surface area is 127 Å². The van der Waals surface area contributed by atoms with Crippen molar-refractivity contribution in [3.63, 3.8) is 0 Å². The quantitative estimate of drug-likeness (QED) is 0.750. The van der Waals surface area contributed by atoms with Crippen molar-refractivity contribution < 1.29 is 0 Å². The topological polar surface area (TPSA) is 55.6 Å². The molecule has 0 bridgehead atoms. The Kier molecular flexibility index (Phi) is 3.90. The molecule has 0 spiro atoms. The van der Waals surface area contributed by atoms with Gasteiger partial charge in [0.2, 0.25) is 0 Å². The van der Waals surface area contributed by atoms with Gasteiger partial charge in [-0.1, -0.05) is 18.2 Å². The van der Waals surface area contributed by atoms with Gasteiger partial charge in [0.05, 0.1) is 11.2 Å². The van der Waals surface area contributed by atoms with Crippen LogP contribution in [-0.2, 0) is 13.6 Å². The van der Waals surface area contributed by atoms with Gasteiger partial charge in [0, 0.05) is 24.5 Å². The number of fused-ring (bicyclic) bond motifs is 1. The van der Waals surface area contributed by atoms with Gasteiger partial charge in [0.25, 0.3) is 0 Å². The predicted octanol–water partition coefficient (Wildman–Crippen LogP) is 2.54. The van der Waals surface area contributed by atoms with Crippen molar-refractivity contribution >= 4 is 22.7 Å². The zero-order valence-electron chi connectivity index (χ0n) is 12.3. The molecule has 5 nitrogen and oxygen atoms in total. The van der Waals surface area contributed by atoms with E-state index in [9.17, 15) is 0 Å². The largest absolute Gasteiger partial charge is 0.316 e. The van der Waals surface area contributed by atoms with Gasteiger partial charge in [-0.15, -0.1) is 0 Å². The van der Waals surface area contributed by atoms with Crippen LogP contribution >= 0.6 is 11.8 Å². The minimum atomic E-state index is 0.797. The van der Waals surface area contributed by atoms with E-state index in [4.69, 9.17) is 0 Å². The van der Waals surface area contributed by atoms with Crippen molar-refractivity contribution in [2.24, 2.45) is 7.05 Å². The number of aryl methyl sites for hydroxylation is 2.